The zero-order valence-corrected chi connectivity index (χ0v) is 19.5. The van der Waals surface area contributed by atoms with Crippen LogP contribution in [-0.4, -0.2) is 28.6 Å². The molecule has 2 aromatic rings. The number of carbonyl (C=O) groups is 1. The van der Waals surface area contributed by atoms with Crippen molar-refractivity contribution in [3.05, 3.63) is 59.2 Å². The monoisotopic (exact) mass is 454 g/mol. The van der Waals surface area contributed by atoms with Crippen LogP contribution in [0.15, 0.2) is 47.4 Å². The lowest BCUT2D eigenvalue weighted by molar-refractivity contribution is -0.00652. The van der Waals surface area contributed by atoms with Crippen molar-refractivity contribution in [1.29, 1.82) is 0 Å². The molecule has 0 aromatic heterocycles. The fraction of sp³-hybridized carbons (Fsp3) is 0.500. The highest BCUT2D eigenvalue weighted by Gasteiger charge is 2.53. The van der Waals surface area contributed by atoms with Gasteiger partial charge in [-0.25, -0.2) is 13.2 Å². The van der Waals surface area contributed by atoms with Crippen LogP contribution in [0, 0.1) is 17.8 Å². The molecule has 0 saturated heterocycles. The summed E-state index contributed by atoms with van der Waals surface area (Å²) in [5.74, 6) is 2.20. The van der Waals surface area contributed by atoms with Crippen LogP contribution in [0.5, 0.6) is 5.75 Å². The Labute approximate surface area is 190 Å². The molecule has 0 N–H and O–H groups in total. The minimum atomic E-state index is -3.60. The summed E-state index contributed by atoms with van der Waals surface area (Å²) in [5, 5.41) is 0. The molecule has 6 heteroatoms. The van der Waals surface area contributed by atoms with Crippen LogP contribution in [-0.2, 0) is 25.7 Å². The van der Waals surface area contributed by atoms with Gasteiger partial charge in [-0.2, -0.15) is 0 Å². The third kappa shape index (κ3) is 3.72. The van der Waals surface area contributed by atoms with E-state index in [0.717, 1.165) is 30.4 Å². The van der Waals surface area contributed by atoms with Gasteiger partial charge < -0.3 is 9.47 Å². The summed E-state index contributed by atoms with van der Waals surface area (Å²) in [6.45, 7) is 0. The average molecular weight is 455 g/mol. The fourth-order valence-corrected chi connectivity index (χ4v) is 8.59. The van der Waals surface area contributed by atoms with Gasteiger partial charge in [-0.1, -0.05) is 12.1 Å². The predicted octanol–water partition coefficient (Wildman–Crippen LogP) is 4.92. The molecular formula is C26H30O5S. The van der Waals surface area contributed by atoms with E-state index in [1.165, 1.54) is 26.4 Å². The molecule has 4 aliphatic carbocycles. The Balaban J connectivity index is 1.58. The topological polar surface area (TPSA) is 69.7 Å². The summed E-state index contributed by atoms with van der Waals surface area (Å²) in [6.07, 6.45) is 6.87. The number of benzene rings is 2. The second-order valence-corrected chi connectivity index (χ2v) is 12.0. The van der Waals surface area contributed by atoms with E-state index in [4.69, 9.17) is 9.47 Å². The number of methoxy groups -OCH3 is 2. The third-order valence-electron chi connectivity index (χ3n) is 7.86. The Morgan fingerprint density at radius 3 is 2.06 bits per heavy atom. The van der Waals surface area contributed by atoms with Crippen molar-refractivity contribution >= 4 is 15.8 Å². The molecule has 0 radical (unpaired) electrons. The van der Waals surface area contributed by atoms with Crippen molar-refractivity contribution in [1.82, 2.24) is 0 Å². The molecule has 4 bridgehead atoms. The normalized spacial score (nSPS) is 28.5. The van der Waals surface area contributed by atoms with Gasteiger partial charge in [0.25, 0.3) is 0 Å². The first-order valence-corrected chi connectivity index (χ1v) is 13.1. The van der Waals surface area contributed by atoms with Crippen LogP contribution in [0.2, 0.25) is 0 Å². The van der Waals surface area contributed by atoms with Crippen LogP contribution in [0.25, 0.3) is 0 Å². The number of esters is 1. The lowest BCUT2D eigenvalue weighted by Gasteiger charge is -2.57. The summed E-state index contributed by atoms with van der Waals surface area (Å²) >= 11 is 0. The van der Waals surface area contributed by atoms with Gasteiger partial charge in [0.1, 0.15) is 5.75 Å². The second kappa shape index (κ2) is 7.91. The quantitative estimate of drug-likeness (QED) is 0.579. The van der Waals surface area contributed by atoms with E-state index < -0.39 is 15.8 Å². The highest BCUT2D eigenvalue weighted by molar-refractivity contribution is 7.90. The molecule has 0 heterocycles. The van der Waals surface area contributed by atoms with Gasteiger partial charge in [0, 0.05) is 0 Å². The Morgan fingerprint density at radius 2 is 1.53 bits per heavy atom. The molecule has 4 aliphatic rings. The van der Waals surface area contributed by atoms with Crippen LogP contribution < -0.4 is 4.74 Å². The summed E-state index contributed by atoms with van der Waals surface area (Å²) < 4.78 is 37.5. The Kier molecular flexibility index (Phi) is 5.31. The van der Waals surface area contributed by atoms with Gasteiger partial charge in [0.15, 0.2) is 9.84 Å². The molecule has 0 atom stereocenters. The highest BCUT2D eigenvalue weighted by Crippen LogP contribution is 2.61. The van der Waals surface area contributed by atoms with Crippen molar-refractivity contribution in [2.45, 2.75) is 54.6 Å². The molecule has 0 aliphatic heterocycles. The largest absolute Gasteiger partial charge is 0.497 e. The van der Waals surface area contributed by atoms with Gasteiger partial charge in [0.2, 0.25) is 0 Å². The second-order valence-electron chi connectivity index (χ2n) is 10.0. The third-order valence-corrected chi connectivity index (χ3v) is 9.60. The number of sulfone groups is 1. The zero-order chi connectivity index (χ0) is 22.5. The minimum absolute atomic E-state index is 0.0755. The van der Waals surface area contributed by atoms with Crippen LogP contribution in [0.1, 0.15) is 60.0 Å². The molecule has 4 saturated carbocycles. The Hall–Kier alpha value is -2.34. The van der Waals surface area contributed by atoms with Crippen molar-refractivity contribution in [3.63, 3.8) is 0 Å². The average Bonchev–Trinajstić information content (AvgIpc) is 2.77. The summed E-state index contributed by atoms with van der Waals surface area (Å²) in [5.41, 5.74) is 1.84. The minimum Gasteiger partial charge on any atom is -0.497 e. The molecule has 4 fully saturated rings. The molecular weight excluding hydrogens is 424 g/mol. The van der Waals surface area contributed by atoms with Crippen molar-refractivity contribution < 1.29 is 22.7 Å². The first-order chi connectivity index (χ1) is 15.3. The first kappa shape index (κ1) is 21.5. The number of carbonyl (C=O) groups excluding carboxylic acids is 1. The van der Waals surface area contributed by atoms with Crippen molar-refractivity contribution in [2.75, 3.05) is 14.2 Å². The maximum Gasteiger partial charge on any atom is 0.337 e. The van der Waals surface area contributed by atoms with E-state index in [2.05, 4.69) is 0 Å². The molecule has 170 valence electrons. The molecule has 2 aromatic carbocycles. The highest BCUT2D eigenvalue weighted by atomic mass is 32.2. The number of hydrogen-bond acceptors (Lipinski definition) is 5. The van der Waals surface area contributed by atoms with E-state index in [9.17, 15) is 13.2 Å². The summed E-state index contributed by atoms with van der Waals surface area (Å²) in [4.78, 5) is 12.7. The van der Waals surface area contributed by atoms with Crippen molar-refractivity contribution in [2.24, 2.45) is 17.8 Å². The van der Waals surface area contributed by atoms with Crippen LogP contribution >= 0.6 is 0 Å². The van der Waals surface area contributed by atoms with E-state index in [1.807, 2.05) is 6.07 Å². The number of ether oxygens (including phenoxy) is 2. The first-order valence-electron chi connectivity index (χ1n) is 11.4. The zero-order valence-electron chi connectivity index (χ0n) is 18.7. The van der Waals surface area contributed by atoms with Gasteiger partial charge >= 0.3 is 5.97 Å². The predicted molar refractivity (Wildman–Crippen MR) is 122 cm³/mol. The molecule has 0 unspecified atom stereocenters. The van der Waals surface area contributed by atoms with Gasteiger partial charge in [-0.15, -0.1) is 0 Å². The molecule has 32 heavy (non-hydrogen) atoms. The lowest BCUT2D eigenvalue weighted by Crippen LogP contribution is -2.49. The number of rotatable bonds is 6. The summed E-state index contributed by atoms with van der Waals surface area (Å²) in [6, 6.07) is 12.2. The standard InChI is InChI=1S/C26H30O5S/c1-30-22-6-3-17(4-7-22)16-32(28,29)24-8-5-21(25(27)31-2)12-23(24)26-13-18-9-19(14-26)11-20(10-18)15-26/h3-8,12,18-20H,9-11,13-16H2,1-2H3. The van der Waals surface area contributed by atoms with E-state index in [1.54, 1.807) is 43.5 Å². The Bertz CT molecular complexity index is 1100. The number of hydrogen-bond donors (Lipinski definition) is 0. The maximum atomic E-state index is 13.7. The lowest BCUT2D eigenvalue weighted by atomic mass is 9.48. The van der Waals surface area contributed by atoms with E-state index in [-0.39, 0.29) is 11.2 Å². The molecule has 6 rings (SSSR count). The summed E-state index contributed by atoms with van der Waals surface area (Å²) in [7, 11) is -0.647. The van der Waals surface area contributed by atoms with Gasteiger partial charge in [-0.05, 0) is 103 Å². The molecule has 5 nitrogen and oxygen atoms in total. The molecule has 0 spiro atoms. The smallest absolute Gasteiger partial charge is 0.337 e. The van der Waals surface area contributed by atoms with Crippen LogP contribution in [0.4, 0.5) is 0 Å². The van der Waals surface area contributed by atoms with Gasteiger partial charge in [-0.3, -0.25) is 0 Å². The maximum absolute atomic E-state index is 13.7. The Morgan fingerprint density at radius 1 is 0.938 bits per heavy atom. The van der Waals surface area contributed by atoms with Gasteiger partial charge in [0.05, 0.1) is 30.4 Å². The fourth-order valence-electron chi connectivity index (χ4n) is 6.92. The van der Waals surface area contributed by atoms with E-state index >= 15 is 0 Å². The van der Waals surface area contributed by atoms with Crippen molar-refractivity contribution in [3.8, 4) is 5.75 Å². The molecule has 0 amide bonds. The van der Waals surface area contributed by atoms with E-state index in [0.29, 0.717) is 34.0 Å². The SMILES string of the molecule is COC(=O)c1ccc(S(=O)(=O)Cc2ccc(OC)cc2)c(C23CC4CC(CC(C4)C2)C3)c1. The van der Waals surface area contributed by atoms with Crippen LogP contribution in [0.3, 0.4) is 0 Å².